The average molecular weight is 519 g/mol. The summed E-state index contributed by atoms with van der Waals surface area (Å²) in [6.07, 6.45) is 5.66. The molecule has 38 heavy (non-hydrogen) atoms. The van der Waals surface area contributed by atoms with Crippen LogP contribution in [0.5, 0.6) is 5.75 Å². The van der Waals surface area contributed by atoms with Gasteiger partial charge < -0.3 is 24.3 Å². The molecule has 8 nitrogen and oxygen atoms in total. The number of carbonyl (C=O) groups is 3. The molecule has 3 aliphatic heterocycles. The highest BCUT2D eigenvalue weighted by Gasteiger charge is 2.29. The van der Waals surface area contributed by atoms with Gasteiger partial charge in [0, 0.05) is 55.6 Å². The van der Waals surface area contributed by atoms with Crippen LogP contribution in [0.4, 0.5) is 5.69 Å². The van der Waals surface area contributed by atoms with Crippen LogP contribution in [0.25, 0.3) is 0 Å². The first-order valence-corrected chi connectivity index (χ1v) is 14.0. The van der Waals surface area contributed by atoms with Crippen molar-refractivity contribution in [1.29, 1.82) is 0 Å². The Morgan fingerprint density at radius 1 is 0.816 bits per heavy atom. The highest BCUT2D eigenvalue weighted by atomic mass is 16.5. The predicted molar refractivity (Wildman–Crippen MR) is 147 cm³/mol. The van der Waals surface area contributed by atoms with Crippen molar-refractivity contribution in [2.24, 2.45) is 0 Å². The first-order valence-electron chi connectivity index (χ1n) is 14.0. The van der Waals surface area contributed by atoms with Crippen LogP contribution < -0.4 is 9.64 Å². The van der Waals surface area contributed by atoms with Crippen molar-refractivity contribution in [3.63, 3.8) is 0 Å². The van der Waals surface area contributed by atoms with E-state index in [1.165, 1.54) is 19.4 Å². The fraction of sp³-hybridized carbons (Fsp3) is 0.500. The molecule has 8 heteroatoms. The van der Waals surface area contributed by atoms with Gasteiger partial charge >= 0.3 is 0 Å². The standard InChI is InChI=1S/C30H38N4O4/c1-23-6-4-17-31(23)18-5-21-38-27-13-11-26(12-14-27)34-20-19-33(22-28(34)35)30(37)25-9-7-24(8-10-25)29(36)32-15-2-3-16-32/h7-14,23H,2-6,15-22H2,1H3. The molecule has 1 atom stereocenters. The second-order valence-electron chi connectivity index (χ2n) is 10.6. The van der Waals surface area contributed by atoms with E-state index in [0.29, 0.717) is 36.9 Å². The Morgan fingerprint density at radius 2 is 1.47 bits per heavy atom. The topological polar surface area (TPSA) is 73.4 Å². The van der Waals surface area contributed by atoms with Crippen LogP contribution in [0.2, 0.25) is 0 Å². The molecule has 3 heterocycles. The molecule has 202 valence electrons. The van der Waals surface area contributed by atoms with Gasteiger partial charge in [-0.3, -0.25) is 14.4 Å². The van der Waals surface area contributed by atoms with E-state index in [1.807, 2.05) is 29.2 Å². The minimum Gasteiger partial charge on any atom is -0.494 e. The second kappa shape index (κ2) is 12.0. The number of hydrogen-bond donors (Lipinski definition) is 0. The molecule has 0 aliphatic carbocycles. The van der Waals surface area contributed by atoms with E-state index in [-0.39, 0.29) is 24.3 Å². The van der Waals surface area contributed by atoms with E-state index in [0.717, 1.165) is 50.3 Å². The lowest BCUT2D eigenvalue weighted by Crippen LogP contribution is -2.52. The fourth-order valence-electron chi connectivity index (χ4n) is 5.67. The number of rotatable bonds is 8. The average Bonchev–Trinajstić information content (AvgIpc) is 3.63. The van der Waals surface area contributed by atoms with Crippen LogP contribution in [-0.4, -0.2) is 90.9 Å². The number of carbonyl (C=O) groups excluding carboxylic acids is 3. The van der Waals surface area contributed by atoms with Crippen molar-refractivity contribution in [2.75, 3.05) is 57.3 Å². The Kier molecular flexibility index (Phi) is 8.27. The number of anilines is 1. The van der Waals surface area contributed by atoms with Crippen molar-refractivity contribution in [3.8, 4) is 5.75 Å². The molecule has 0 aromatic heterocycles. The van der Waals surface area contributed by atoms with Crippen molar-refractivity contribution < 1.29 is 19.1 Å². The summed E-state index contributed by atoms with van der Waals surface area (Å²) in [6.45, 7) is 7.72. The summed E-state index contributed by atoms with van der Waals surface area (Å²) >= 11 is 0. The van der Waals surface area contributed by atoms with Gasteiger partial charge in [0.05, 0.1) is 6.61 Å². The molecule has 3 amide bonds. The van der Waals surface area contributed by atoms with Gasteiger partial charge in [-0.15, -0.1) is 0 Å². The summed E-state index contributed by atoms with van der Waals surface area (Å²) < 4.78 is 5.91. The van der Waals surface area contributed by atoms with Gasteiger partial charge in [0.15, 0.2) is 0 Å². The number of nitrogens with zero attached hydrogens (tertiary/aromatic N) is 4. The Balaban J connectivity index is 1.09. The van der Waals surface area contributed by atoms with E-state index in [1.54, 1.807) is 34.1 Å². The highest BCUT2D eigenvalue weighted by Crippen LogP contribution is 2.23. The Bertz CT molecular complexity index is 1130. The molecule has 1 unspecified atom stereocenters. The summed E-state index contributed by atoms with van der Waals surface area (Å²) in [6, 6.07) is 15.1. The first kappa shape index (κ1) is 26.2. The molecule has 2 aromatic carbocycles. The van der Waals surface area contributed by atoms with Crippen LogP contribution in [0.3, 0.4) is 0 Å². The van der Waals surface area contributed by atoms with Gasteiger partial charge in [0.2, 0.25) is 5.91 Å². The Labute approximate surface area is 225 Å². The number of piperazine rings is 1. The smallest absolute Gasteiger partial charge is 0.254 e. The molecule has 2 aromatic rings. The molecule has 0 radical (unpaired) electrons. The molecular formula is C30H38N4O4. The number of hydrogen-bond acceptors (Lipinski definition) is 5. The monoisotopic (exact) mass is 518 g/mol. The second-order valence-corrected chi connectivity index (χ2v) is 10.6. The maximum atomic E-state index is 13.0. The van der Waals surface area contributed by atoms with E-state index in [4.69, 9.17) is 4.74 Å². The van der Waals surface area contributed by atoms with Gasteiger partial charge in [-0.25, -0.2) is 0 Å². The zero-order valence-corrected chi connectivity index (χ0v) is 22.3. The molecule has 5 rings (SSSR count). The fourth-order valence-corrected chi connectivity index (χ4v) is 5.67. The van der Waals surface area contributed by atoms with Crippen molar-refractivity contribution in [3.05, 3.63) is 59.7 Å². The van der Waals surface area contributed by atoms with Crippen LogP contribution in [0, 0.1) is 0 Å². The van der Waals surface area contributed by atoms with Crippen molar-refractivity contribution >= 4 is 23.4 Å². The Hall–Kier alpha value is -3.39. The van der Waals surface area contributed by atoms with Gasteiger partial charge in [-0.2, -0.15) is 0 Å². The van der Waals surface area contributed by atoms with Crippen molar-refractivity contribution in [1.82, 2.24) is 14.7 Å². The molecule has 0 spiro atoms. The first-order chi connectivity index (χ1) is 18.5. The quantitative estimate of drug-likeness (QED) is 0.499. The molecule has 0 N–H and O–H groups in total. The molecule has 0 saturated carbocycles. The third-order valence-electron chi connectivity index (χ3n) is 7.98. The normalized spacial score (nSPS) is 20.3. The molecule has 3 saturated heterocycles. The maximum Gasteiger partial charge on any atom is 0.254 e. The predicted octanol–water partition coefficient (Wildman–Crippen LogP) is 3.66. The van der Waals surface area contributed by atoms with Crippen molar-refractivity contribution in [2.45, 2.75) is 45.1 Å². The van der Waals surface area contributed by atoms with Gasteiger partial charge in [0.25, 0.3) is 11.8 Å². The van der Waals surface area contributed by atoms with E-state index in [2.05, 4.69) is 11.8 Å². The number of amides is 3. The van der Waals surface area contributed by atoms with Gasteiger partial charge in [-0.05, 0) is 94.1 Å². The summed E-state index contributed by atoms with van der Waals surface area (Å²) in [5, 5.41) is 0. The largest absolute Gasteiger partial charge is 0.494 e. The van der Waals surface area contributed by atoms with E-state index < -0.39 is 0 Å². The SMILES string of the molecule is CC1CCCN1CCCOc1ccc(N2CCN(C(=O)c3ccc(C(=O)N4CCCC4)cc3)CC2=O)cc1. The third-order valence-corrected chi connectivity index (χ3v) is 7.98. The summed E-state index contributed by atoms with van der Waals surface area (Å²) in [7, 11) is 0. The minimum absolute atomic E-state index is 0.0124. The minimum atomic E-state index is -0.190. The summed E-state index contributed by atoms with van der Waals surface area (Å²) in [5.74, 6) is 0.513. The van der Waals surface area contributed by atoms with Crippen LogP contribution in [0.15, 0.2) is 48.5 Å². The third kappa shape index (κ3) is 6.01. The summed E-state index contributed by atoms with van der Waals surface area (Å²) in [5.41, 5.74) is 1.90. The summed E-state index contributed by atoms with van der Waals surface area (Å²) in [4.78, 5) is 46.2. The number of ether oxygens (including phenoxy) is 1. The zero-order valence-electron chi connectivity index (χ0n) is 22.3. The van der Waals surface area contributed by atoms with Crippen LogP contribution in [0.1, 0.15) is 59.7 Å². The maximum absolute atomic E-state index is 13.0. The lowest BCUT2D eigenvalue weighted by Gasteiger charge is -2.34. The lowest BCUT2D eigenvalue weighted by molar-refractivity contribution is -0.120. The molecule has 3 fully saturated rings. The van der Waals surface area contributed by atoms with Crippen LogP contribution in [-0.2, 0) is 4.79 Å². The molecular weight excluding hydrogens is 480 g/mol. The number of likely N-dealkylation sites (tertiary alicyclic amines) is 2. The Morgan fingerprint density at radius 3 is 2.08 bits per heavy atom. The lowest BCUT2D eigenvalue weighted by atomic mass is 10.1. The van der Waals surface area contributed by atoms with E-state index in [9.17, 15) is 14.4 Å². The highest BCUT2D eigenvalue weighted by molar-refractivity contribution is 6.02. The molecule has 0 bridgehead atoms. The van der Waals surface area contributed by atoms with E-state index >= 15 is 0 Å². The molecule has 3 aliphatic rings. The van der Waals surface area contributed by atoms with Gasteiger partial charge in [-0.1, -0.05) is 0 Å². The van der Waals surface area contributed by atoms with Crippen LogP contribution >= 0.6 is 0 Å². The number of benzene rings is 2. The zero-order chi connectivity index (χ0) is 26.5. The van der Waals surface area contributed by atoms with Gasteiger partial charge in [0.1, 0.15) is 12.3 Å².